The number of nitrogens with one attached hydrogen (secondary N) is 1. The number of anilines is 1. The van der Waals surface area contributed by atoms with Crippen LogP contribution in [0.4, 0.5) is 10.5 Å². The third-order valence-corrected chi connectivity index (χ3v) is 6.81. The van der Waals surface area contributed by atoms with Crippen molar-refractivity contribution in [3.63, 3.8) is 0 Å². The van der Waals surface area contributed by atoms with Crippen molar-refractivity contribution in [3.8, 4) is 5.75 Å². The molecule has 1 aliphatic heterocycles. The van der Waals surface area contributed by atoms with Crippen LogP contribution in [0.15, 0.2) is 47.4 Å². The highest BCUT2D eigenvalue weighted by atomic mass is 32.2. The summed E-state index contributed by atoms with van der Waals surface area (Å²) in [6, 6.07) is 11.3. The number of amides is 2. The van der Waals surface area contributed by atoms with Crippen LogP contribution in [0.2, 0.25) is 0 Å². The van der Waals surface area contributed by atoms with Crippen molar-refractivity contribution in [1.82, 2.24) is 9.80 Å². The lowest BCUT2D eigenvalue weighted by Crippen LogP contribution is -2.51. The average molecular weight is 476 g/mol. The van der Waals surface area contributed by atoms with E-state index < -0.39 is 10.0 Å². The van der Waals surface area contributed by atoms with E-state index in [9.17, 15) is 18.0 Å². The number of piperazine rings is 1. The number of hydrogen-bond donors (Lipinski definition) is 1. The molecule has 0 unspecified atom stereocenters. The fraction of sp³-hybridized carbons (Fsp3) is 0.391. The lowest BCUT2D eigenvalue weighted by atomic mass is 10.1. The van der Waals surface area contributed by atoms with E-state index in [0.29, 0.717) is 44.2 Å². The summed E-state index contributed by atoms with van der Waals surface area (Å²) in [5.41, 5.74) is 2.56. The van der Waals surface area contributed by atoms with Crippen LogP contribution in [0.3, 0.4) is 0 Å². The van der Waals surface area contributed by atoms with Crippen LogP contribution < -0.4 is 9.46 Å². The molecule has 2 amide bonds. The third-order valence-electron chi connectivity index (χ3n) is 5.41. The highest BCUT2D eigenvalue weighted by Crippen LogP contribution is 2.21. The molecule has 1 fully saturated rings. The van der Waals surface area contributed by atoms with Gasteiger partial charge >= 0.3 is 6.09 Å². The van der Waals surface area contributed by atoms with Crippen molar-refractivity contribution in [2.45, 2.75) is 25.7 Å². The zero-order valence-electron chi connectivity index (χ0n) is 19.0. The van der Waals surface area contributed by atoms with E-state index in [1.165, 1.54) is 24.3 Å². The number of hydrogen-bond acceptors (Lipinski definition) is 6. The normalized spacial score (nSPS) is 14.0. The van der Waals surface area contributed by atoms with Crippen molar-refractivity contribution in [3.05, 3.63) is 53.6 Å². The number of nitrogens with zero attached hydrogens (tertiary/aromatic N) is 2. The van der Waals surface area contributed by atoms with E-state index in [1.54, 1.807) is 28.9 Å². The number of rotatable bonds is 7. The molecule has 33 heavy (non-hydrogen) atoms. The number of carbonyl (C=O) groups excluding carboxylic acids is 2. The molecule has 0 atom stereocenters. The van der Waals surface area contributed by atoms with Crippen LogP contribution in [-0.4, -0.2) is 69.6 Å². The quantitative estimate of drug-likeness (QED) is 0.660. The molecular formula is C23H29N3O6S. The van der Waals surface area contributed by atoms with Crippen LogP contribution in [0.25, 0.3) is 0 Å². The summed E-state index contributed by atoms with van der Waals surface area (Å²) in [5.74, 6) is 0.185. The van der Waals surface area contributed by atoms with Gasteiger partial charge in [0, 0.05) is 31.9 Å². The second-order valence-corrected chi connectivity index (χ2v) is 9.41. The number of carbonyl (C=O) groups is 2. The standard InChI is InChI=1S/C23H29N3O6S/c1-4-31-23(28)26-13-11-25(12-14-26)22(27)16-32-20-7-9-21(10-8-20)33(29,30)24-19-6-5-17(2)18(3)15-19/h5-10,15,24H,4,11-14,16H2,1-3H3. The van der Waals surface area contributed by atoms with Crippen LogP contribution in [0, 0.1) is 13.8 Å². The molecule has 0 radical (unpaired) electrons. The maximum absolute atomic E-state index is 12.6. The molecular weight excluding hydrogens is 446 g/mol. The lowest BCUT2D eigenvalue weighted by Gasteiger charge is -2.33. The summed E-state index contributed by atoms with van der Waals surface area (Å²) in [7, 11) is -3.75. The first-order valence-electron chi connectivity index (χ1n) is 10.7. The molecule has 1 heterocycles. The molecule has 3 rings (SSSR count). The van der Waals surface area contributed by atoms with Gasteiger partial charge in [0.05, 0.1) is 11.5 Å². The molecule has 0 aromatic heterocycles. The Morgan fingerprint density at radius 3 is 2.18 bits per heavy atom. The van der Waals surface area contributed by atoms with E-state index >= 15 is 0 Å². The first-order valence-corrected chi connectivity index (χ1v) is 12.2. The van der Waals surface area contributed by atoms with Gasteiger partial charge in [-0.3, -0.25) is 9.52 Å². The average Bonchev–Trinajstić information content (AvgIpc) is 2.80. The maximum Gasteiger partial charge on any atom is 0.409 e. The van der Waals surface area contributed by atoms with Gasteiger partial charge in [0.25, 0.3) is 15.9 Å². The van der Waals surface area contributed by atoms with Gasteiger partial charge in [0.2, 0.25) is 0 Å². The van der Waals surface area contributed by atoms with Crippen molar-refractivity contribution < 1.29 is 27.5 Å². The first-order chi connectivity index (χ1) is 15.7. The molecule has 9 nitrogen and oxygen atoms in total. The predicted molar refractivity (Wildman–Crippen MR) is 124 cm³/mol. The fourth-order valence-electron chi connectivity index (χ4n) is 3.32. The number of sulfonamides is 1. The minimum Gasteiger partial charge on any atom is -0.484 e. The van der Waals surface area contributed by atoms with Gasteiger partial charge in [-0.2, -0.15) is 0 Å². The van der Waals surface area contributed by atoms with Crippen LogP contribution in [0.1, 0.15) is 18.1 Å². The van der Waals surface area contributed by atoms with Crippen LogP contribution in [0.5, 0.6) is 5.75 Å². The van der Waals surface area contributed by atoms with Crippen LogP contribution in [-0.2, 0) is 19.6 Å². The Hall–Kier alpha value is -3.27. The summed E-state index contributed by atoms with van der Waals surface area (Å²) in [5, 5.41) is 0. The van der Waals surface area contributed by atoms with Gasteiger partial charge in [-0.1, -0.05) is 6.07 Å². The molecule has 10 heteroatoms. The molecule has 0 spiro atoms. The monoisotopic (exact) mass is 475 g/mol. The summed E-state index contributed by atoms with van der Waals surface area (Å²) in [6.07, 6.45) is -0.372. The van der Waals surface area contributed by atoms with E-state index in [1.807, 2.05) is 19.9 Å². The number of aryl methyl sites for hydroxylation is 2. The van der Waals surface area contributed by atoms with Gasteiger partial charge in [-0.05, 0) is 68.3 Å². The highest BCUT2D eigenvalue weighted by Gasteiger charge is 2.25. The highest BCUT2D eigenvalue weighted by molar-refractivity contribution is 7.92. The summed E-state index contributed by atoms with van der Waals surface area (Å²) >= 11 is 0. The second kappa shape index (κ2) is 10.6. The zero-order valence-corrected chi connectivity index (χ0v) is 19.9. The van der Waals surface area contributed by atoms with E-state index in [2.05, 4.69) is 4.72 Å². The third kappa shape index (κ3) is 6.38. The first kappa shape index (κ1) is 24.4. The molecule has 1 saturated heterocycles. The van der Waals surface area contributed by atoms with Crippen molar-refractivity contribution in [2.24, 2.45) is 0 Å². The lowest BCUT2D eigenvalue weighted by molar-refractivity contribution is -0.134. The van der Waals surface area contributed by atoms with E-state index in [4.69, 9.17) is 9.47 Å². The Bertz CT molecular complexity index is 1090. The second-order valence-electron chi connectivity index (χ2n) is 7.73. The van der Waals surface area contributed by atoms with Gasteiger partial charge in [-0.15, -0.1) is 0 Å². The topological polar surface area (TPSA) is 105 Å². The largest absolute Gasteiger partial charge is 0.484 e. The molecule has 0 aliphatic carbocycles. The summed E-state index contributed by atoms with van der Waals surface area (Å²) in [6.45, 7) is 7.39. The molecule has 0 bridgehead atoms. The fourth-order valence-corrected chi connectivity index (χ4v) is 4.37. The number of ether oxygens (including phenoxy) is 2. The molecule has 178 valence electrons. The van der Waals surface area contributed by atoms with Gasteiger partial charge < -0.3 is 19.3 Å². The molecule has 2 aromatic rings. The van der Waals surface area contributed by atoms with Gasteiger partial charge in [0.1, 0.15) is 5.75 Å². The van der Waals surface area contributed by atoms with Gasteiger partial charge in [-0.25, -0.2) is 13.2 Å². The molecule has 1 N–H and O–H groups in total. The Kier molecular flexibility index (Phi) is 7.80. The van der Waals surface area contributed by atoms with Gasteiger partial charge in [0.15, 0.2) is 6.61 Å². The minimum atomic E-state index is -3.75. The van der Waals surface area contributed by atoms with Crippen molar-refractivity contribution in [2.75, 3.05) is 44.1 Å². The Labute approximate surface area is 194 Å². The molecule has 2 aromatic carbocycles. The van der Waals surface area contributed by atoms with E-state index in [0.717, 1.165) is 11.1 Å². The Morgan fingerprint density at radius 1 is 0.939 bits per heavy atom. The van der Waals surface area contributed by atoms with Crippen molar-refractivity contribution >= 4 is 27.7 Å². The van der Waals surface area contributed by atoms with Crippen LogP contribution >= 0.6 is 0 Å². The predicted octanol–water partition coefficient (Wildman–Crippen LogP) is 2.78. The van der Waals surface area contributed by atoms with Crippen molar-refractivity contribution in [1.29, 1.82) is 0 Å². The zero-order chi connectivity index (χ0) is 24.0. The Morgan fingerprint density at radius 2 is 1.58 bits per heavy atom. The van der Waals surface area contributed by atoms with E-state index in [-0.39, 0.29) is 23.5 Å². The molecule has 0 saturated carbocycles. The smallest absolute Gasteiger partial charge is 0.409 e. The minimum absolute atomic E-state index is 0.0921. The Balaban J connectivity index is 1.51. The maximum atomic E-state index is 12.6. The SMILES string of the molecule is CCOC(=O)N1CCN(C(=O)COc2ccc(S(=O)(=O)Nc3ccc(C)c(C)c3)cc2)CC1. The summed E-state index contributed by atoms with van der Waals surface area (Å²) in [4.78, 5) is 27.4. The number of benzene rings is 2. The summed E-state index contributed by atoms with van der Waals surface area (Å²) < 4.78 is 38.4. The molecule has 1 aliphatic rings.